The molecule has 4 aromatic rings. The minimum Gasteiger partial charge on any atom is -0.493 e. The molecule has 206 valence electrons. The zero-order chi connectivity index (χ0) is 29.1. The fraction of sp³-hybridized carbons (Fsp3) is 0.121. The summed E-state index contributed by atoms with van der Waals surface area (Å²) in [6.45, 7) is 3.96. The molecule has 0 aromatic heterocycles. The van der Waals surface area contributed by atoms with Crippen molar-refractivity contribution < 1.29 is 23.9 Å². The molecule has 0 radical (unpaired) electrons. The number of benzene rings is 4. The molecular formula is C33H27BrN2O5. The van der Waals surface area contributed by atoms with Crippen LogP contribution in [0.4, 0.5) is 16.2 Å². The minimum atomic E-state index is -0.727. The first-order valence-corrected chi connectivity index (χ1v) is 13.7. The van der Waals surface area contributed by atoms with Gasteiger partial charge in [-0.3, -0.25) is 9.59 Å². The Hall–Kier alpha value is -4.69. The summed E-state index contributed by atoms with van der Waals surface area (Å²) in [5.41, 5.74) is 3.64. The third kappa shape index (κ3) is 5.64. The van der Waals surface area contributed by atoms with Crippen molar-refractivity contribution in [2.75, 3.05) is 16.9 Å². The number of carbonyl (C=O) groups excluding carboxylic acids is 3. The Morgan fingerprint density at radius 2 is 1.29 bits per heavy atom. The molecule has 0 bridgehead atoms. The topological polar surface area (TPSA) is 76.2 Å². The van der Waals surface area contributed by atoms with Crippen LogP contribution in [0.3, 0.4) is 0 Å². The Morgan fingerprint density at radius 3 is 1.83 bits per heavy atom. The second kappa shape index (κ2) is 11.8. The Morgan fingerprint density at radius 1 is 0.732 bits per heavy atom. The summed E-state index contributed by atoms with van der Waals surface area (Å²) in [4.78, 5) is 43.5. The Bertz CT molecular complexity index is 1610. The van der Waals surface area contributed by atoms with E-state index in [2.05, 4.69) is 15.9 Å². The zero-order valence-corrected chi connectivity index (χ0v) is 24.3. The van der Waals surface area contributed by atoms with Crippen molar-refractivity contribution in [1.82, 2.24) is 0 Å². The maximum Gasteiger partial charge on any atom is 0.343 e. The van der Waals surface area contributed by atoms with E-state index in [0.717, 1.165) is 31.0 Å². The number of hydrogen-bond donors (Lipinski definition) is 0. The summed E-state index contributed by atoms with van der Waals surface area (Å²) < 4.78 is 12.5. The monoisotopic (exact) mass is 610 g/mol. The number of anilines is 2. The molecule has 0 N–H and O–H groups in total. The second-order valence-electron chi connectivity index (χ2n) is 9.52. The molecule has 1 fully saturated rings. The lowest BCUT2D eigenvalue weighted by Crippen LogP contribution is -2.57. The van der Waals surface area contributed by atoms with Gasteiger partial charge < -0.3 is 9.47 Å². The van der Waals surface area contributed by atoms with Gasteiger partial charge >= 0.3 is 6.03 Å². The van der Waals surface area contributed by atoms with Crippen molar-refractivity contribution in [1.29, 1.82) is 0 Å². The fourth-order valence-electron chi connectivity index (χ4n) is 4.58. The highest BCUT2D eigenvalue weighted by Gasteiger charge is 2.44. The quantitative estimate of drug-likeness (QED) is 0.163. The van der Waals surface area contributed by atoms with Gasteiger partial charge in [0.2, 0.25) is 0 Å². The number of aryl methyl sites for hydroxylation is 2. The maximum atomic E-state index is 13.8. The molecule has 1 heterocycles. The van der Waals surface area contributed by atoms with Gasteiger partial charge in [0.1, 0.15) is 12.2 Å². The van der Waals surface area contributed by atoms with Crippen molar-refractivity contribution in [2.45, 2.75) is 20.5 Å². The van der Waals surface area contributed by atoms with E-state index in [4.69, 9.17) is 9.47 Å². The fourth-order valence-corrected chi connectivity index (χ4v) is 4.85. The number of carbonyl (C=O) groups is 3. The predicted octanol–water partition coefficient (Wildman–Crippen LogP) is 7.24. The molecule has 0 aliphatic carbocycles. The van der Waals surface area contributed by atoms with Crippen LogP contribution in [0.2, 0.25) is 0 Å². The van der Waals surface area contributed by atoms with E-state index in [1.807, 2.05) is 62.4 Å². The summed E-state index contributed by atoms with van der Waals surface area (Å²) in [6.07, 6.45) is 1.48. The van der Waals surface area contributed by atoms with Crippen molar-refractivity contribution >= 4 is 51.2 Å². The van der Waals surface area contributed by atoms with Crippen molar-refractivity contribution in [3.8, 4) is 11.5 Å². The number of hydrogen-bond acceptors (Lipinski definition) is 5. The third-order valence-corrected chi connectivity index (χ3v) is 7.30. The number of imide groups is 2. The Balaban J connectivity index is 1.54. The van der Waals surface area contributed by atoms with E-state index in [-0.39, 0.29) is 5.57 Å². The lowest BCUT2D eigenvalue weighted by atomic mass is 10.0. The van der Waals surface area contributed by atoms with Crippen molar-refractivity contribution in [3.05, 3.63) is 123 Å². The smallest absolute Gasteiger partial charge is 0.343 e. The number of ether oxygens (including phenoxy) is 2. The van der Waals surface area contributed by atoms with Gasteiger partial charge in [-0.1, -0.05) is 70.5 Å². The normalized spacial score (nSPS) is 13.5. The highest BCUT2D eigenvalue weighted by Crippen LogP contribution is 2.34. The van der Waals surface area contributed by atoms with Gasteiger partial charge in [0.25, 0.3) is 11.8 Å². The van der Waals surface area contributed by atoms with E-state index in [1.165, 1.54) is 13.2 Å². The number of para-hydroxylation sites is 2. The van der Waals surface area contributed by atoms with Gasteiger partial charge in [-0.2, -0.15) is 0 Å². The first-order valence-electron chi connectivity index (χ1n) is 12.9. The SMILES string of the molecule is COc1cc(C=C2C(=O)N(c3ccccc3C)C(=O)N(c3ccccc3C)C2=O)ccc1OCc1ccc(Br)cc1. The molecule has 0 atom stereocenters. The minimum absolute atomic E-state index is 0.151. The van der Waals surface area contributed by atoms with Crippen LogP contribution < -0.4 is 19.3 Å². The molecule has 1 aliphatic rings. The number of urea groups is 1. The molecule has 41 heavy (non-hydrogen) atoms. The van der Waals surface area contributed by atoms with E-state index in [9.17, 15) is 14.4 Å². The van der Waals surface area contributed by atoms with Crippen LogP contribution in [0, 0.1) is 13.8 Å². The van der Waals surface area contributed by atoms with Crippen molar-refractivity contribution in [2.24, 2.45) is 0 Å². The molecule has 0 unspecified atom stereocenters. The van der Waals surface area contributed by atoms with Gasteiger partial charge in [-0.25, -0.2) is 14.6 Å². The number of barbiturate groups is 1. The highest BCUT2D eigenvalue weighted by atomic mass is 79.9. The van der Waals surface area contributed by atoms with Gasteiger partial charge in [-0.15, -0.1) is 0 Å². The molecule has 4 aromatic carbocycles. The van der Waals surface area contributed by atoms with Crippen LogP contribution in [0.1, 0.15) is 22.3 Å². The summed E-state index contributed by atoms with van der Waals surface area (Å²) in [7, 11) is 1.52. The van der Waals surface area contributed by atoms with E-state index >= 15 is 0 Å². The van der Waals surface area contributed by atoms with Crippen LogP contribution in [0.15, 0.2) is 101 Å². The molecule has 8 heteroatoms. The van der Waals surface area contributed by atoms with Gasteiger partial charge in [0.15, 0.2) is 11.5 Å². The molecule has 1 aliphatic heterocycles. The summed E-state index contributed by atoms with van der Waals surface area (Å²) >= 11 is 3.43. The summed E-state index contributed by atoms with van der Waals surface area (Å²) in [5.74, 6) is -0.450. The maximum absolute atomic E-state index is 13.8. The van der Waals surface area contributed by atoms with Gasteiger partial charge in [0, 0.05) is 4.47 Å². The standard InChI is InChI=1S/C33H27BrN2O5/c1-21-8-4-6-10-27(21)35-31(37)26(32(38)36(33(35)39)28-11-7-5-9-22(28)2)18-24-14-17-29(30(19-24)40-3)41-20-23-12-15-25(34)16-13-23/h4-19H,20H2,1-3H3. The van der Waals surface area contributed by atoms with Crippen LogP contribution in [-0.4, -0.2) is 25.0 Å². The highest BCUT2D eigenvalue weighted by molar-refractivity contribution is 9.10. The van der Waals surface area contributed by atoms with Crippen LogP contribution >= 0.6 is 15.9 Å². The largest absolute Gasteiger partial charge is 0.493 e. The number of halogens is 1. The second-order valence-corrected chi connectivity index (χ2v) is 10.4. The number of nitrogens with zero attached hydrogens (tertiary/aromatic N) is 2. The molecule has 7 nitrogen and oxygen atoms in total. The van der Waals surface area contributed by atoms with Crippen LogP contribution in [-0.2, 0) is 16.2 Å². The van der Waals surface area contributed by atoms with Gasteiger partial charge in [0.05, 0.1) is 18.5 Å². The number of rotatable bonds is 7. The van der Waals surface area contributed by atoms with Gasteiger partial charge in [-0.05, 0) is 78.6 Å². The Kier molecular flexibility index (Phi) is 8.03. The molecule has 5 rings (SSSR count). The van der Waals surface area contributed by atoms with E-state index in [0.29, 0.717) is 35.0 Å². The zero-order valence-electron chi connectivity index (χ0n) is 22.8. The molecular weight excluding hydrogens is 584 g/mol. The lowest BCUT2D eigenvalue weighted by Gasteiger charge is -2.35. The molecule has 0 saturated carbocycles. The average Bonchev–Trinajstić information content (AvgIpc) is 2.97. The van der Waals surface area contributed by atoms with Crippen LogP contribution in [0.25, 0.3) is 6.08 Å². The third-order valence-electron chi connectivity index (χ3n) is 6.77. The lowest BCUT2D eigenvalue weighted by molar-refractivity contribution is -0.121. The average molecular weight is 611 g/mol. The van der Waals surface area contributed by atoms with E-state index in [1.54, 1.807) is 42.5 Å². The Labute approximate surface area is 246 Å². The molecule has 0 spiro atoms. The summed E-state index contributed by atoms with van der Waals surface area (Å²) in [5, 5.41) is 0. The number of amides is 4. The van der Waals surface area contributed by atoms with Crippen LogP contribution in [0.5, 0.6) is 11.5 Å². The predicted molar refractivity (Wildman–Crippen MR) is 162 cm³/mol. The number of methoxy groups -OCH3 is 1. The molecule has 4 amide bonds. The first kappa shape index (κ1) is 27.9. The molecule has 1 saturated heterocycles. The van der Waals surface area contributed by atoms with Crippen molar-refractivity contribution in [3.63, 3.8) is 0 Å². The first-order chi connectivity index (χ1) is 19.8. The summed E-state index contributed by atoms with van der Waals surface area (Å²) in [6, 6.07) is 26.4. The van der Waals surface area contributed by atoms with E-state index < -0.39 is 17.8 Å².